The topological polar surface area (TPSA) is 109 Å². The highest BCUT2D eigenvalue weighted by Crippen LogP contribution is 2.18. The predicted octanol–water partition coefficient (Wildman–Crippen LogP) is 0.450. The zero-order valence-electron chi connectivity index (χ0n) is 17.1. The monoisotopic (exact) mass is 411 g/mol. The van der Waals surface area contributed by atoms with Crippen LogP contribution in [-0.4, -0.2) is 71.2 Å². The Hall–Kier alpha value is -2.75. The second kappa shape index (κ2) is 9.38. The third-order valence-corrected chi connectivity index (χ3v) is 5.77. The van der Waals surface area contributed by atoms with Crippen molar-refractivity contribution in [1.82, 2.24) is 24.7 Å². The zero-order valence-corrected chi connectivity index (χ0v) is 17.1. The molecule has 160 valence electrons. The van der Waals surface area contributed by atoms with Gasteiger partial charge in [0.1, 0.15) is 5.82 Å². The van der Waals surface area contributed by atoms with Crippen LogP contribution in [0.3, 0.4) is 0 Å². The molecule has 9 heteroatoms. The lowest BCUT2D eigenvalue weighted by atomic mass is 10.1. The molecule has 2 aliphatic heterocycles. The van der Waals surface area contributed by atoms with Gasteiger partial charge in [-0.05, 0) is 49.2 Å². The molecule has 2 fully saturated rings. The van der Waals surface area contributed by atoms with E-state index in [1.54, 1.807) is 17.2 Å². The van der Waals surface area contributed by atoms with E-state index in [0.29, 0.717) is 19.0 Å². The number of likely N-dealkylation sites (tertiary alicyclic amines) is 1. The third-order valence-electron chi connectivity index (χ3n) is 5.77. The van der Waals surface area contributed by atoms with Crippen LogP contribution in [0.1, 0.15) is 12.0 Å². The molecule has 2 saturated heterocycles. The van der Waals surface area contributed by atoms with Gasteiger partial charge in [-0.25, -0.2) is 9.59 Å². The van der Waals surface area contributed by atoms with Crippen LogP contribution in [0.15, 0.2) is 41.3 Å². The first kappa shape index (κ1) is 20.5. The Balaban J connectivity index is 1.39. The van der Waals surface area contributed by atoms with Crippen molar-refractivity contribution in [2.45, 2.75) is 13.0 Å². The van der Waals surface area contributed by atoms with E-state index in [-0.39, 0.29) is 11.8 Å². The van der Waals surface area contributed by atoms with Gasteiger partial charge in [0.05, 0.1) is 5.69 Å². The summed E-state index contributed by atoms with van der Waals surface area (Å²) in [7, 11) is 0. The number of rotatable bonds is 5. The predicted molar refractivity (Wildman–Crippen MR) is 116 cm³/mol. The highest BCUT2D eigenvalue weighted by Gasteiger charge is 2.21. The fourth-order valence-electron chi connectivity index (χ4n) is 3.99. The SMILES string of the molecule is NCC1CCN(Cc2ccc(-n3ccc(NC(=O)N4CCNCC4)nc3=O)cc2)C1. The van der Waals surface area contributed by atoms with Crippen LogP contribution < -0.4 is 22.1 Å². The zero-order chi connectivity index (χ0) is 20.9. The number of nitrogens with zero attached hydrogens (tertiary/aromatic N) is 4. The highest BCUT2D eigenvalue weighted by molar-refractivity contribution is 5.88. The van der Waals surface area contributed by atoms with Crippen LogP contribution in [0.25, 0.3) is 5.69 Å². The Morgan fingerprint density at radius 1 is 1.17 bits per heavy atom. The molecule has 0 bridgehead atoms. The second-order valence-corrected chi connectivity index (χ2v) is 7.92. The number of carbonyl (C=O) groups excluding carboxylic acids is 1. The Morgan fingerprint density at radius 2 is 1.93 bits per heavy atom. The number of aromatic nitrogens is 2. The summed E-state index contributed by atoms with van der Waals surface area (Å²) in [6.07, 6.45) is 2.80. The maximum atomic E-state index is 12.5. The largest absolute Gasteiger partial charge is 0.354 e. The second-order valence-electron chi connectivity index (χ2n) is 7.92. The number of benzene rings is 1. The van der Waals surface area contributed by atoms with Crippen molar-refractivity contribution in [2.24, 2.45) is 11.7 Å². The third kappa shape index (κ3) is 4.86. The molecule has 30 heavy (non-hydrogen) atoms. The van der Waals surface area contributed by atoms with E-state index in [0.717, 1.165) is 51.4 Å². The molecule has 1 aromatic heterocycles. The summed E-state index contributed by atoms with van der Waals surface area (Å²) in [6.45, 7) is 6.57. The fraction of sp³-hybridized carbons (Fsp3) is 0.476. The van der Waals surface area contributed by atoms with Crippen LogP contribution in [0.4, 0.5) is 10.6 Å². The van der Waals surface area contributed by atoms with Crippen LogP contribution in [-0.2, 0) is 6.54 Å². The van der Waals surface area contributed by atoms with E-state index in [9.17, 15) is 9.59 Å². The smallest absolute Gasteiger partial charge is 0.330 e. The van der Waals surface area contributed by atoms with Gasteiger partial charge in [0.2, 0.25) is 0 Å². The Kier molecular flexibility index (Phi) is 6.41. The molecule has 4 N–H and O–H groups in total. The van der Waals surface area contributed by atoms with E-state index in [4.69, 9.17) is 5.73 Å². The Bertz CT molecular complexity index is 922. The number of nitrogens with one attached hydrogen (secondary N) is 2. The molecule has 2 aromatic rings. The van der Waals surface area contributed by atoms with Crippen LogP contribution in [0.2, 0.25) is 0 Å². The summed E-state index contributed by atoms with van der Waals surface area (Å²) in [5, 5.41) is 5.91. The Morgan fingerprint density at radius 3 is 2.60 bits per heavy atom. The van der Waals surface area contributed by atoms with Crippen molar-refractivity contribution in [3.63, 3.8) is 0 Å². The number of anilines is 1. The highest BCUT2D eigenvalue weighted by atomic mass is 16.2. The van der Waals surface area contributed by atoms with Gasteiger partial charge in [-0.3, -0.25) is 14.8 Å². The number of urea groups is 1. The van der Waals surface area contributed by atoms with Crippen LogP contribution in [0, 0.1) is 5.92 Å². The van der Waals surface area contributed by atoms with Gasteiger partial charge in [0, 0.05) is 45.5 Å². The van der Waals surface area contributed by atoms with E-state index < -0.39 is 5.69 Å². The maximum absolute atomic E-state index is 12.5. The molecule has 0 spiro atoms. The molecular weight excluding hydrogens is 382 g/mol. The summed E-state index contributed by atoms with van der Waals surface area (Å²) >= 11 is 0. The minimum absolute atomic E-state index is 0.232. The van der Waals surface area contributed by atoms with Crippen molar-refractivity contribution in [1.29, 1.82) is 0 Å². The van der Waals surface area contributed by atoms with Gasteiger partial charge in [-0.2, -0.15) is 4.98 Å². The molecule has 1 aromatic carbocycles. The minimum atomic E-state index is -0.425. The summed E-state index contributed by atoms with van der Waals surface area (Å²) < 4.78 is 1.48. The number of amides is 2. The molecule has 0 saturated carbocycles. The van der Waals surface area contributed by atoms with Gasteiger partial charge in [-0.15, -0.1) is 0 Å². The number of piperazine rings is 1. The van der Waals surface area contributed by atoms with E-state index in [1.165, 1.54) is 10.1 Å². The van der Waals surface area contributed by atoms with Gasteiger partial charge in [-0.1, -0.05) is 12.1 Å². The normalized spacial score (nSPS) is 19.8. The average molecular weight is 412 g/mol. The number of hydrogen-bond donors (Lipinski definition) is 3. The van der Waals surface area contributed by atoms with Crippen molar-refractivity contribution in [3.8, 4) is 5.69 Å². The van der Waals surface area contributed by atoms with E-state index in [1.807, 2.05) is 24.3 Å². The summed E-state index contributed by atoms with van der Waals surface area (Å²) in [5.41, 5.74) is 7.30. The van der Waals surface area contributed by atoms with E-state index >= 15 is 0 Å². The van der Waals surface area contributed by atoms with Crippen molar-refractivity contribution in [3.05, 3.63) is 52.6 Å². The summed E-state index contributed by atoms with van der Waals surface area (Å²) in [4.78, 5) is 32.9. The molecule has 9 nitrogen and oxygen atoms in total. The van der Waals surface area contributed by atoms with Gasteiger partial charge in [0.15, 0.2) is 0 Å². The van der Waals surface area contributed by atoms with Gasteiger partial charge in [0.25, 0.3) is 0 Å². The molecular formula is C21H29N7O2. The first-order valence-corrected chi connectivity index (χ1v) is 10.5. The van der Waals surface area contributed by atoms with Crippen molar-refractivity contribution in [2.75, 3.05) is 51.1 Å². The van der Waals surface area contributed by atoms with Gasteiger partial charge >= 0.3 is 11.7 Å². The molecule has 1 atom stereocenters. The molecule has 4 rings (SSSR count). The van der Waals surface area contributed by atoms with Gasteiger partial charge < -0.3 is 16.0 Å². The summed E-state index contributed by atoms with van der Waals surface area (Å²) in [6, 6.07) is 9.34. The molecule has 0 aliphatic carbocycles. The van der Waals surface area contributed by atoms with Crippen LogP contribution in [0.5, 0.6) is 0 Å². The van der Waals surface area contributed by atoms with Crippen molar-refractivity contribution < 1.29 is 4.79 Å². The minimum Gasteiger partial charge on any atom is -0.330 e. The maximum Gasteiger partial charge on any atom is 0.354 e. The number of hydrogen-bond acceptors (Lipinski definition) is 6. The quantitative estimate of drug-likeness (QED) is 0.659. The Labute approximate surface area is 175 Å². The lowest BCUT2D eigenvalue weighted by molar-refractivity contribution is 0.204. The molecule has 2 amide bonds. The molecule has 2 aliphatic rings. The molecule has 3 heterocycles. The number of carbonyl (C=O) groups is 1. The van der Waals surface area contributed by atoms with E-state index in [2.05, 4.69) is 20.5 Å². The summed E-state index contributed by atoms with van der Waals surface area (Å²) in [5.74, 6) is 0.861. The fourth-order valence-corrected chi connectivity index (χ4v) is 3.99. The standard InChI is InChI=1S/C21H29N7O2/c22-13-17-5-9-26(15-17)14-16-1-3-18(4-2-16)28-10-6-19(25-21(28)30)24-20(29)27-11-7-23-8-12-27/h1-4,6,10,17,23H,5,7-9,11-15,22H2,(H,24,25,29,30). The first-order valence-electron chi connectivity index (χ1n) is 10.5. The average Bonchev–Trinajstić information content (AvgIpc) is 3.23. The molecule has 1 unspecified atom stereocenters. The lowest BCUT2D eigenvalue weighted by Crippen LogP contribution is -2.48. The van der Waals surface area contributed by atoms with Crippen molar-refractivity contribution >= 4 is 11.8 Å². The molecule has 0 radical (unpaired) electrons. The lowest BCUT2D eigenvalue weighted by Gasteiger charge is -2.27. The van der Waals surface area contributed by atoms with Crippen LogP contribution >= 0.6 is 0 Å². The number of nitrogens with two attached hydrogens (primary N) is 1. The first-order chi connectivity index (χ1) is 14.6.